The molecule has 4 nitrogen and oxygen atoms in total. The van der Waals surface area contributed by atoms with Gasteiger partial charge in [-0.05, 0) is 18.8 Å². The average molecular weight is 197 g/mol. The normalized spacial score (nSPS) is 12.2. The van der Waals surface area contributed by atoms with E-state index in [4.69, 9.17) is 11.0 Å². The van der Waals surface area contributed by atoms with Crippen molar-refractivity contribution in [3.8, 4) is 6.07 Å². The lowest BCUT2D eigenvalue weighted by Crippen LogP contribution is -2.44. The van der Waals surface area contributed by atoms with E-state index >= 15 is 0 Å². The Morgan fingerprint density at radius 3 is 2.64 bits per heavy atom. The van der Waals surface area contributed by atoms with Gasteiger partial charge in [-0.15, -0.1) is 0 Å². The molecule has 1 amide bonds. The third kappa shape index (κ3) is 5.55. The van der Waals surface area contributed by atoms with Gasteiger partial charge in [0, 0.05) is 13.0 Å². The Bertz CT molecular complexity index is 208. The smallest absolute Gasteiger partial charge is 0.237 e. The molecule has 0 bridgehead atoms. The van der Waals surface area contributed by atoms with Crippen LogP contribution in [0.5, 0.6) is 0 Å². The molecule has 14 heavy (non-hydrogen) atoms. The molecule has 3 N–H and O–H groups in total. The van der Waals surface area contributed by atoms with Gasteiger partial charge < -0.3 is 11.1 Å². The van der Waals surface area contributed by atoms with Crippen LogP contribution in [-0.4, -0.2) is 18.5 Å². The molecular weight excluding hydrogens is 178 g/mol. The zero-order valence-corrected chi connectivity index (χ0v) is 8.92. The number of nitriles is 1. The van der Waals surface area contributed by atoms with Crippen LogP contribution in [0.1, 0.15) is 33.1 Å². The lowest BCUT2D eigenvalue weighted by molar-refractivity contribution is -0.123. The molecule has 4 heteroatoms. The van der Waals surface area contributed by atoms with Crippen molar-refractivity contribution in [2.75, 3.05) is 6.54 Å². The molecule has 0 saturated heterocycles. The predicted octanol–water partition coefficient (Wildman–Crippen LogP) is 0.780. The van der Waals surface area contributed by atoms with E-state index in [0.717, 1.165) is 12.8 Å². The summed E-state index contributed by atoms with van der Waals surface area (Å²) < 4.78 is 0. The molecule has 0 unspecified atom stereocenters. The van der Waals surface area contributed by atoms with Crippen molar-refractivity contribution >= 4 is 5.91 Å². The lowest BCUT2D eigenvalue weighted by atomic mass is 10.1. The van der Waals surface area contributed by atoms with Crippen LogP contribution < -0.4 is 11.1 Å². The summed E-state index contributed by atoms with van der Waals surface area (Å²) >= 11 is 0. The zero-order valence-electron chi connectivity index (χ0n) is 8.92. The van der Waals surface area contributed by atoms with Crippen LogP contribution >= 0.6 is 0 Å². The van der Waals surface area contributed by atoms with Crippen molar-refractivity contribution in [2.45, 2.75) is 39.2 Å². The van der Waals surface area contributed by atoms with Crippen LogP contribution in [0.25, 0.3) is 0 Å². The Morgan fingerprint density at radius 2 is 2.14 bits per heavy atom. The highest BCUT2D eigenvalue weighted by atomic mass is 16.2. The number of nitrogens with zero attached hydrogens (tertiary/aromatic N) is 1. The second-order valence-electron chi connectivity index (χ2n) is 3.68. The van der Waals surface area contributed by atoms with Crippen molar-refractivity contribution in [1.29, 1.82) is 5.26 Å². The van der Waals surface area contributed by atoms with E-state index in [2.05, 4.69) is 11.4 Å². The third-order valence-electron chi connectivity index (χ3n) is 2.04. The molecule has 0 aromatic carbocycles. The molecule has 0 aromatic heterocycles. The summed E-state index contributed by atoms with van der Waals surface area (Å²) in [6, 6.07) is 1.63. The fourth-order valence-electron chi connectivity index (χ4n) is 0.961. The van der Waals surface area contributed by atoms with Crippen LogP contribution in [0.3, 0.4) is 0 Å². The maximum absolute atomic E-state index is 11.3. The number of hydrogen-bond acceptors (Lipinski definition) is 3. The molecule has 0 fully saturated rings. The molecule has 0 aliphatic rings. The van der Waals surface area contributed by atoms with Gasteiger partial charge in [-0.1, -0.05) is 13.8 Å². The first-order valence-corrected chi connectivity index (χ1v) is 4.99. The van der Waals surface area contributed by atoms with Crippen LogP contribution in [0.2, 0.25) is 0 Å². The zero-order chi connectivity index (χ0) is 11.0. The predicted molar refractivity (Wildman–Crippen MR) is 55.3 cm³/mol. The standard InChI is InChI=1S/C10H19N3O/c1-8(2)9(12)10(14)13-7-5-3-4-6-11/h8-9H,3-5,7,12H2,1-2H3,(H,13,14)/t9-/m0/s1. The van der Waals surface area contributed by atoms with Crippen molar-refractivity contribution in [1.82, 2.24) is 5.32 Å². The van der Waals surface area contributed by atoms with Gasteiger partial charge in [-0.3, -0.25) is 4.79 Å². The lowest BCUT2D eigenvalue weighted by Gasteiger charge is -2.14. The van der Waals surface area contributed by atoms with Crippen LogP contribution in [0, 0.1) is 17.2 Å². The summed E-state index contributed by atoms with van der Waals surface area (Å²) in [5.74, 6) is 0.0612. The second-order valence-corrected chi connectivity index (χ2v) is 3.68. The van der Waals surface area contributed by atoms with E-state index in [9.17, 15) is 4.79 Å². The molecule has 0 heterocycles. The molecule has 0 aromatic rings. The highest BCUT2D eigenvalue weighted by Crippen LogP contribution is 1.98. The summed E-state index contributed by atoms with van der Waals surface area (Å²) in [5, 5.41) is 11.0. The van der Waals surface area contributed by atoms with E-state index in [-0.39, 0.29) is 11.8 Å². The Kier molecular flexibility index (Phi) is 6.77. The molecule has 0 saturated carbocycles. The van der Waals surface area contributed by atoms with Crippen molar-refractivity contribution in [3.63, 3.8) is 0 Å². The molecule has 0 aliphatic heterocycles. The van der Waals surface area contributed by atoms with E-state index < -0.39 is 6.04 Å². The monoisotopic (exact) mass is 197 g/mol. The Hall–Kier alpha value is -1.08. The number of hydrogen-bond donors (Lipinski definition) is 2. The van der Waals surface area contributed by atoms with Gasteiger partial charge in [0.25, 0.3) is 0 Å². The van der Waals surface area contributed by atoms with Gasteiger partial charge in [0.2, 0.25) is 5.91 Å². The minimum atomic E-state index is -0.425. The molecule has 0 aliphatic carbocycles. The van der Waals surface area contributed by atoms with Crippen molar-refractivity contribution in [2.24, 2.45) is 11.7 Å². The summed E-state index contributed by atoms with van der Waals surface area (Å²) in [5.41, 5.74) is 5.64. The van der Waals surface area contributed by atoms with E-state index in [1.165, 1.54) is 0 Å². The number of carbonyl (C=O) groups is 1. The third-order valence-corrected chi connectivity index (χ3v) is 2.04. The van der Waals surface area contributed by atoms with Gasteiger partial charge in [0.05, 0.1) is 12.1 Å². The Balaban J connectivity index is 3.50. The molecule has 0 rings (SSSR count). The average Bonchev–Trinajstić information content (AvgIpc) is 2.16. The molecule has 0 spiro atoms. The first-order chi connectivity index (χ1) is 6.59. The van der Waals surface area contributed by atoms with E-state index in [1.54, 1.807) is 0 Å². The first-order valence-electron chi connectivity index (χ1n) is 4.99. The molecule has 1 atom stereocenters. The fraction of sp³-hybridized carbons (Fsp3) is 0.800. The van der Waals surface area contributed by atoms with Gasteiger partial charge >= 0.3 is 0 Å². The van der Waals surface area contributed by atoms with E-state index in [1.807, 2.05) is 13.8 Å². The molecular formula is C10H19N3O. The van der Waals surface area contributed by atoms with Gasteiger partial charge in [-0.25, -0.2) is 0 Å². The minimum absolute atomic E-state index is 0.100. The topological polar surface area (TPSA) is 78.9 Å². The van der Waals surface area contributed by atoms with Crippen molar-refractivity contribution < 1.29 is 4.79 Å². The summed E-state index contributed by atoms with van der Waals surface area (Å²) in [6.45, 7) is 4.45. The van der Waals surface area contributed by atoms with Gasteiger partial charge in [-0.2, -0.15) is 5.26 Å². The van der Waals surface area contributed by atoms with Crippen LogP contribution in [-0.2, 0) is 4.79 Å². The highest BCUT2D eigenvalue weighted by molar-refractivity contribution is 5.81. The summed E-state index contributed by atoms with van der Waals surface area (Å²) in [4.78, 5) is 11.3. The highest BCUT2D eigenvalue weighted by Gasteiger charge is 2.15. The maximum Gasteiger partial charge on any atom is 0.237 e. The van der Waals surface area contributed by atoms with Crippen molar-refractivity contribution in [3.05, 3.63) is 0 Å². The van der Waals surface area contributed by atoms with E-state index in [0.29, 0.717) is 13.0 Å². The van der Waals surface area contributed by atoms with Crippen LogP contribution in [0.15, 0.2) is 0 Å². The SMILES string of the molecule is CC(C)[C@H](N)C(=O)NCCCCC#N. The number of unbranched alkanes of at least 4 members (excludes halogenated alkanes) is 2. The quantitative estimate of drug-likeness (QED) is 0.617. The Labute approximate surface area is 85.5 Å². The van der Waals surface area contributed by atoms with Gasteiger partial charge in [0.15, 0.2) is 0 Å². The summed E-state index contributed by atoms with van der Waals surface area (Å²) in [6.07, 6.45) is 2.21. The number of carbonyl (C=O) groups excluding carboxylic acids is 1. The summed E-state index contributed by atoms with van der Waals surface area (Å²) in [7, 11) is 0. The Morgan fingerprint density at radius 1 is 1.50 bits per heavy atom. The molecule has 80 valence electrons. The first kappa shape index (κ1) is 12.9. The molecule has 0 radical (unpaired) electrons. The maximum atomic E-state index is 11.3. The number of rotatable bonds is 6. The minimum Gasteiger partial charge on any atom is -0.355 e. The number of nitrogens with one attached hydrogen (secondary N) is 1. The number of amides is 1. The largest absolute Gasteiger partial charge is 0.355 e. The number of nitrogens with two attached hydrogens (primary N) is 1. The van der Waals surface area contributed by atoms with Gasteiger partial charge in [0.1, 0.15) is 0 Å². The second kappa shape index (κ2) is 7.34. The fourth-order valence-corrected chi connectivity index (χ4v) is 0.961. The van der Waals surface area contributed by atoms with Crippen LogP contribution in [0.4, 0.5) is 0 Å².